The number of aliphatic hydroxyl groups excluding tert-OH is 1. The van der Waals surface area contributed by atoms with Crippen molar-refractivity contribution >= 4 is 16.8 Å². The predicted octanol–water partition coefficient (Wildman–Crippen LogP) is 5.58. The maximum atomic E-state index is 13.5. The van der Waals surface area contributed by atoms with E-state index >= 15 is 0 Å². The molecule has 0 saturated carbocycles. The quantitative estimate of drug-likeness (QED) is 0.335. The Morgan fingerprint density at radius 3 is 2.49 bits per heavy atom. The largest absolute Gasteiger partial charge is 0.493 e. The summed E-state index contributed by atoms with van der Waals surface area (Å²) in [5.74, 6) is 0.306. The van der Waals surface area contributed by atoms with Gasteiger partial charge in [-0.05, 0) is 61.6 Å². The fourth-order valence-corrected chi connectivity index (χ4v) is 4.64. The summed E-state index contributed by atoms with van der Waals surface area (Å²) in [5.41, 5.74) is 7.07. The minimum absolute atomic E-state index is 0.156. The molecule has 0 spiro atoms. The van der Waals surface area contributed by atoms with Crippen molar-refractivity contribution in [2.24, 2.45) is 7.05 Å². The number of aliphatic hydroxyl groups is 1. The number of benzene rings is 3. The van der Waals surface area contributed by atoms with Crippen LogP contribution in [0.4, 0.5) is 0 Å². The van der Waals surface area contributed by atoms with Gasteiger partial charge in [-0.25, -0.2) is 0 Å². The Labute approximate surface area is 207 Å². The molecule has 5 nitrogen and oxygen atoms in total. The normalized spacial score (nSPS) is 12.0. The van der Waals surface area contributed by atoms with Gasteiger partial charge in [0.05, 0.1) is 24.8 Å². The van der Waals surface area contributed by atoms with E-state index < -0.39 is 6.04 Å². The minimum atomic E-state index is -0.419. The molecule has 1 heterocycles. The summed E-state index contributed by atoms with van der Waals surface area (Å²) in [6.45, 7) is 6.55. The van der Waals surface area contributed by atoms with Gasteiger partial charge in [0.25, 0.3) is 5.91 Å². The zero-order chi connectivity index (χ0) is 24.9. The van der Waals surface area contributed by atoms with Crippen LogP contribution in [0.15, 0.2) is 66.9 Å². The third kappa shape index (κ3) is 5.57. The Kier molecular flexibility index (Phi) is 7.57. The number of fused-ring (bicyclic) bond motifs is 1. The highest BCUT2D eigenvalue weighted by atomic mass is 16.5. The Bertz CT molecular complexity index is 1320. The van der Waals surface area contributed by atoms with Gasteiger partial charge in [0, 0.05) is 24.1 Å². The van der Waals surface area contributed by atoms with Crippen LogP contribution in [0.1, 0.15) is 40.4 Å². The van der Waals surface area contributed by atoms with Crippen LogP contribution in [-0.2, 0) is 13.5 Å². The molecule has 5 heteroatoms. The molecule has 1 amide bonds. The first kappa shape index (κ1) is 24.6. The van der Waals surface area contributed by atoms with E-state index in [9.17, 15) is 9.90 Å². The molecule has 1 aromatic heterocycles. The molecule has 0 radical (unpaired) electrons. The van der Waals surface area contributed by atoms with E-state index in [1.54, 1.807) is 0 Å². The molecule has 0 saturated heterocycles. The van der Waals surface area contributed by atoms with Gasteiger partial charge >= 0.3 is 0 Å². The van der Waals surface area contributed by atoms with E-state index in [-0.39, 0.29) is 12.5 Å². The second kappa shape index (κ2) is 10.8. The number of carbonyl (C=O) groups excluding carboxylic acids is 1. The Morgan fingerprint density at radius 1 is 1.03 bits per heavy atom. The SMILES string of the molecule is CCCOc1ccc(-c2cc(C)cc(C)c2)cc1C(=O)N[C@@H](CO)Cc1cn(C)c2ccccc12. The zero-order valence-electron chi connectivity index (χ0n) is 21.0. The third-order valence-electron chi connectivity index (χ3n) is 6.24. The van der Waals surface area contributed by atoms with Gasteiger partial charge in [-0.3, -0.25) is 4.79 Å². The standard InChI is InChI=1S/C30H34N2O3/c1-5-12-35-29-11-10-22(23-14-20(2)13-21(3)15-23)17-27(29)30(34)31-25(19-33)16-24-18-32(4)28-9-7-6-8-26(24)28/h6-11,13-15,17-18,25,33H,5,12,16,19H2,1-4H3,(H,31,34)/t25-/m1/s1. The van der Waals surface area contributed by atoms with Gasteiger partial charge in [0.1, 0.15) is 5.75 Å². The topological polar surface area (TPSA) is 63.5 Å². The van der Waals surface area contributed by atoms with Gasteiger partial charge in [-0.1, -0.05) is 60.5 Å². The molecule has 182 valence electrons. The third-order valence-corrected chi connectivity index (χ3v) is 6.24. The second-order valence-electron chi connectivity index (χ2n) is 9.28. The van der Waals surface area contributed by atoms with E-state index in [1.165, 1.54) is 11.1 Å². The fourth-order valence-electron chi connectivity index (χ4n) is 4.64. The van der Waals surface area contributed by atoms with Crippen molar-refractivity contribution in [1.82, 2.24) is 9.88 Å². The number of hydrogen-bond acceptors (Lipinski definition) is 3. The number of hydrogen-bond donors (Lipinski definition) is 2. The molecule has 4 rings (SSSR count). The highest BCUT2D eigenvalue weighted by Crippen LogP contribution is 2.29. The van der Waals surface area contributed by atoms with E-state index in [1.807, 2.05) is 44.3 Å². The van der Waals surface area contributed by atoms with E-state index in [2.05, 4.69) is 60.3 Å². The predicted molar refractivity (Wildman–Crippen MR) is 142 cm³/mol. The van der Waals surface area contributed by atoms with Crippen LogP contribution in [0, 0.1) is 13.8 Å². The number of para-hydroxylation sites is 1. The number of rotatable bonds is 9. The summed E-state index contributed by atoms with van der Waals surface area (Å²) in [7, 11) is 2.01. The number of amides is 1. The highest BCUT2D eigenvalue weighted by Gasteiger charge is 2.20. The van der Waals surface area contributed by atoms with Crippen LogP contribution in [0.3, 0.4) is 0 Å². The molecule has 0 aliphatic rings. The van der Waals surface area contributed by atoms with Gasteiger partial charge in [0.15, 0.2) is 0 Å². The van der Waals surface area contributed by atoms with Crippen molar-refractivity contribution in [3.63, 3.8) is 0 Å². The summed E-state index contributed by atoms with van der Waals surface area (Å²) in [6, 6.07) is 19.9. The van der Waals surface area contributed by atoms with Crippen molar-refractivity contribution < 1.29 is 14.6 Å². The maximum Gasteiger partial charge on any atom is 0.255 e. The molecule has 4 aromatic rings. The van der Waals surface area contributed by atoms with Crippen molar-refractivity contribution in [2.45, 2.75) is 39.7 Å². The number of ether oxygens (including phenoxy) is 1. The first-order valence-electron chi connectivity index (χ1n) is 12.2. The minimum Gasteiger partial charge on any atom is -0.493 e. The van der Waals surface area contributed by atoms with E-state index in [0.29, 0.717) is 24.3 Å². The Morgan fingerprint density at radius 2 is 1.77 bits per heavy atom. The van der Waals surface area contributed by atoms with E-state index in [0.717, 1.165) is 34.0 Å². The van der Waals surface area contributed by atoms with Gasteiger partial charge in [-0.15, -0.1) is 0 Å². The van der Waals surface area contributed by atoms with Crippen molar-refractivity contribution in [3.8, 4) is 16.9 Å². The van der Waals surface area contributed by atoms with Crippen LogP contribution in [-0.4, -0.2) is 34.8 Å². The van der Waals surface area contributed by atoms with Gasteiger partial charge in [0.2, 0.25) is 0 Å². The monoisotopic (exact) mass is 470 g/mol. The molecule has 0 aliphatic heterocycles. The lowest BCUT2D eigenvalue weighted by Crippen LogP contribution is -2.39. The molecule has 35 heavy (non-hydrogen) atoms. The first-order valence-corrected chi connectivity index (χ1v) is 12.2. The second-order valence-corrected chi connectivity index (χ2v) is 9.28. The lowest BCUT2D eigenvalue weighted by molar-refractivity contribution is 0.0912. The summed E-state index contributed by atoms with van der Waals surface area (Å²) in [6.07, 6.45) is 3.45. The number of nitrogens with zero attached hydrogens (tertiary/aromatic N) is 1. The number of carbonyl (C=O) groups is 1. The molecule has 0 fully saturated rings. The smallest absolute Gasteiger partial charge is 0.255 e. The molecule has 0 unspecified atom stereocenters. The maximum absolute atomic E-state index is 13.5. The summed E-state index contributed by atoms with van der Waals surface area (Å²) in [5, 5.41) is 14.3. The molecule has 3 aromatic carbocycles. The average molecular weight is 471 g/mol. The molecular formula is C30H34N2O3. The Balaban J connectivity index is 1.62. The zero-order valence-corrected chi connectivity index (χ0v) is 21.0. The van der Waals surface area contributed by atoms with Crippen molar-refractivity contribution in [2.75, 3.05) is 13.2 Å². The highest BCUT2D eigenvalue weighted by molar-refractivity contribution is 5.98. The number of aryl methyl sites for hydroxylation is 3. The van der Waals surface area contributed by atoms with E-state index in [4.69, 9.17) is 4.74 Å². The molecule has 1 atom stereocenters. The van der Waals surface area contributed by atoms with Gasteiger partial charge in [-0.2, -0.15) is 0 Å². The van der Waals surface area contributed by atoms with Crippen LogP contribution in [0.2, 0.25) is 0 Å². The molecule has 0 bridgehead atoms. The van der Waals surface area contributed by atoms with Crippen LogP contribution in [0.5, 0.6) is 5.75 Å². The number of aromatic nitrogens is 1. The summed E-state index contributed by atoms with van der Waals surface area (Å²) >= 11 is 0. The van der Waals surface area contributed by atoms with Crippen molar-refractivity contribution in [1.29, 1.82) is 0 Å². The molecular weight excluding hydrogens is 436 g/mol. The van der Waals surface area contributed by atoms with Crippen LogP contribution < -0.4 is 10.1 Å². The average Bonchev–Trinajstić information content (AvgIpc) is 3.16. The van der Waals surface area contributed by atoms with Crippen molar-refractivity contribution in [3.05, 3.63) is 89.1 Å². The fraction of sp³-hybridized carbons (Fsp3) is 0.300. The molecule has 2 N–H and O–H groups in total. The Hall–Kier alpha value is -3.57. The van der Waals surface area contributed by atoms with Crippen LogP contribution >= 0.6 is 0 Å². The van der Waals surface area contributed by atoms with Crippen LogP contribution in [0.25, 0.3) is 22.0 Å². The lowest BCUT2D eigenvalue weighted by Gasteiger charge is -2.18. The molecule has 0 aliphatic carbocycles. The first-order chi connectivity index (χ1) is 16.9. The summed E-state index contributed by atoms with van der Waals surface area (Å²) in [4.78, 5) is 13.5. The lowest BCUT2D eigenvalue weighted by atomic mass is 9.98. The van der Waals surface area contributed by atoms with Gasteiger partial charge < -0.3 is 19.7 Å². The summed E-state index contributed by atoms with van der Waals surface area (Å²) < 4.78 is 7.99. The number of nitrogens with one attached hydrogen (secondary N) is 1.